The topological polar surface area (TPSA) is 49.8 Å². The van der Waals surface area contributed by atoms with E-state index >= 15 is 0 Å². The first-order valence-electron chi connectivity index (χ1n) is 7.82. The van der Waals surface area contributed by atoms with Gasteiger partial charge in [0.25, 0.3) is 0 Å². The quantitative estimate of drug-likeness (QED) is 0.754. The Morgan fingerprint density at radius 2 is 2.09 bits per heavy atom. The van der Waals surface area contributed by atoms with Crippen molar-refractivity contribution in [3.05, 3.63) is 40.5 Å². The molecule has 2 N–H and O–H groups in total. The molecule has 4 nitrogen and oxygen atoms in total. The SMILES string of the molecule is CC[C@@H](C)Nc1nc(Nc2cccc(Br)c2)cc(C2CC2)n1. The molecule has 0 unspecified atom stereocenters. The van der Waals surface area contributed by atoms with E-state index < -0.39 is 0 Å². The van der Waals surface area contributed by atoms with Crippen molar-refractivity contribution in [3.63, 3.8) is 0 Å². The highest BCUT2D eigenvalue weighted by Gasteiger charge is 2.26. The minimum atomic E-state index is 0.369. The van der Waals surface area contributed by atoms with Gasteiger partial charge in [-0.25, -0.2) is 4.98 Å². The third-order valence-corrected chi connectivity index (χ3v) is 4.32. The average Bonchev–Trinajstić information content (AvgIpc) is 3.31. The van der Waals surface area contributed by atoms with E-state index in [2.05, 4.69) is 56.4 Å². The molecule has 1 fully saturated rings. The molecule has 3 rings (SSSR count). The zero-order valence-electron chi connectivity index (χ0n) is 12.9. The van der Waals surface area contributed by atoms with Crippen molar-refractivity contribution in [2.45, 2.75) is 45.1 Å². The predicted molar refractivity (Wildman–Crippen MR) is 94.8 cm³/mol. The highest BCUT2D eigenvalue weighted by atomic mass is 79.9. The molecular weight excluding hydrogens is 340 g/mol. The lowest BCUT2D eigenvalue weighted by molar-refractivity contribution is 0.750. The fourth-order valence-corrected chi connectivity index (χ4v) is 2.62. The minimum absolute atomic E-state index is 0.369. The summed E-state index contributed by atoms with van der Waals surface area (Å²) in [4.78, 5) is 9.28. The second kappa shape index (κ2) is 6.65. The Morgan fingerprint density at radius 3 is 2.77 bits per heavy atom. The van der Waals surface area contributed by atoms with Crippen LogP contribution in [0.3, 0.4) is 0 Å². The van der Waals surface area contributed by atoms with E-state index in [1.807, 2.05) is 24.3 Å². The Labute approximate surface area is 139 Å². The number of halogens is 1. The number of rotatable bonds is 6. The summed E-state index contributed by atoms with van der Waals surface area (Å²) in [6.07, 6.45) is 3.51. The van der Waals surface area contributed by atoms with E-state index in [0.717, 1.165) is 34.0 Å². The zero-order valence-corrected chi connectivity index (χ0v) is 14.5. The maximum atomic E-state index is 4.67. The van der Waals surface area contributed by atoms with E-state index in [4.69, 9.17) is 0 Å². The van der Waals surface area contributed by atoms with E-state index in [9.17, 15) is 0 Å². The van der Waals surface area contributed by atoms with Gasteiger partial charge in [-0.1, -0.05) is 28.9 Å². The summed E-state index contributed by atoms with van der Waals surface area (Å²) in [6.45, 7) is 4.30. The van der Waals surface area contributed by atoms with Gasteiger partial charge >= 0.3 is 0 Å². The molecule has 0 aliphatic heterocycles. The van der Waals surface area contributed by atoms with Crippen LogP contribution in [0.5, 0.6) is 0 Å². The first kappa shape index (κ1) is 15.3. The molecule has 5 heteroatoms. The van der Waals surface area contributed by atoms with Gasteiger partial charge in [0.1, 0.15) is 5.82 Å². The van der Waals surface area contributed by atoms with E-state index in [1.165, 1.54) is 12.8 Å². The Hall–Kier alpha value is -1.62. The number of nitrogens with one attached hydrogen (secondary N) is 2. The monoisotopic (exact) mass is 360 g/mol. The number of anilines is 3. The van der Waals surface area contributed by atoms with Crippen LogP contribution in [-0.4, -0.2) is 16.0 Å². The summed E-state index contributed by atoms with van der Waals surface area (Å²) >= 11 is 3.49. The molecule has 116 valence electrons. The van der Waals surface area contributed by atoms with Gasteiger partial charge in [-0.2, -0.15) is 4.98 Å². The zero-order chi connectivity index (χ0) is 15.5. The van der Waals surface area contributed by atoms with Gasteiger partial charge in [0.2, 0.25) is 5.95 Å². The molecule has 1 heterocycles. The molecule has 0 amide bonds. The summed E-state index contributed by atoms with van der Waals surface area (Å²) in [6, 6.07) is 10.5. The lowest BCUT2D eigenvalue weighted by atomic mass is 10.2. The molecule has 0 saturated heterocycles. The molecular formula is C17H21BrN4. The largest absolute Gasteiger partial charge is 0.352 e. The number of benzene rings is 1. The number of hydrogen-bond donors (Lipinski definition) is 2. The Bertz CT molecular complexity index is 655. The van der Waals surface area contributed by atoms with E-state index in [1.54, 1.807) is 0 Å². The van der Waals surface area contributed by atoms with E-state index in [0.29, 0.717) is 12.0 Å². The molecule has 1 aromatic heterocycles. The van der Waals surface area contributed by atoms with Crippen molar-refractivity contribution < 1.29 is 0 Å². The summed E-state index contributed by atoms with van der Waals surface area (Å²) < 4.78 is 1.05. The fraction of sp³-hybridized carbons (Fsp3) is 0.412. The van der Waals surface area contributed by atoms with Crippen molar-refractivity contribution in [2.75, 3.05) is 10.6 Å². The second-order valence-electron chi connectivity index (χ2n) is 5.86. The molecule has 0 bridgehead atoms. The third-order valence-electron chi connectivity index (χ3n) is 3.83. The maximum Gasteiger partial charge on any atom is 0.225 e. The fourth-order valence-electron chi connectivity index (χ4n) is 2.22. The van der Waals surface area contributed by atoms with Gasteiger partial charge < -0.3 is 10.6 Å². The lowest BCUT2D eigenvalue weighted by Crippen LogP contribution is -2.16. The molecule has 0 spiro atoms. The van der Waals surface area contributed by atoms with Crippen LogP contribution in [0.1, 0.15) is 44.7 Å². The second-order valence-corrected chi connectivity index (χ2v) is 6.78. The average molecular weight is 361 g/mol. The number of aromatic nitrogens is 2. The van der Waals surface area contributed by atoms with Crippen molar-refractivity contribution in [3.8, 4) is 0 Å². The molecule has 1 saturated carbocycles. The van der Waals surface area contributed by atoms with Crippen LogP contribution in [0, 0.1) is 0 Å². The van der Waals surface area contributed by atoms with Gasteiger partial charge in [0, 0.05) is 28.2 Å². The predicted octanol–water partition coefficient (Wildman–Crippen LogP) is 5.07. The van der Waals surface area contributed by atoms with Gasteiger partial charge in [0.05, 0.1) is 5.69 Å². The van der Waals surface area contributed by atoms with Gasteiger partial charge in [-0.05, 0) is 44.4 Å². The Kier molecular flexibility index (Phi) is 4.62. The highest BCUT2D eigenvalue weighted by Crippen LogP contribution is 2.40. The normalized spacial score (nSPS) is 15.4. The highest BCUT2D eigenvalue weighted by molar-refractivity contribution is 9.10. The summed E-state index contributed by atoms with van der Waals surface area (Å²) in [5.74, 6) is 2.17. The van der Waals surface area contributed by atoms with Crippen LogP contribution < -0.4 is 10.6 Å². The summed E-state index contributed by atoms with van der Waals surface area (Å²) in [5.41, 5.74) is 2.16. The number of hydrogen-bond acceptors (Lipinski definition) is 4. The first-order chi connectivity index (χ1) is 10.6. The van der Waals surface area contributed by atoms with Crippen LogP contribution in [0.2, 0.25) is 0 Å². The smallest absolute Gasteiger partial charge is 0.225 e. The third kappa shape index (κ3) is 3.97. The van der Waals surface area contributed by atoms with Crippen molar-refractivity contribution in [1.29, 1.82) is 0 Å². The van der Waals surface area contributed by atoms with Crippen LogP contribution in [-0.2, 0) is 0 Å². The standard InChI is InChI=1S/C17H21BrN4/c1-3-11(2)19-17-21-15(12-7-8-12)10-16(22-17)20-14-6-4-5-13(18)9-14/h4-6,9-12H,3,7-8H2,1-2H3,(H2,19,20,21,22)/t11-/m1/s1. The minimum Gasteiger partial charge on any atom is -0.352 e. The molecule has 1 aliphatic rings. The lowest BCUT2D eigenvalue weighted by Gasteiger charge is -2.14. The van der Waals surface area contributed by atoms with Crippen LogP contribution >= 0.6 is 15.9 Å². The first-order valence-corrected chi connectivity index (χ1v) is 8.61. The van der Waals surface area contributed by atoms with Crippen LogP contribution in [0.25, 0.3) is 0 Å². The van der Waals surface area contributed by atoms with Crippen LogP contribution in [0.15, 0.2) is 34.8 Å². The van der Waals surface area contributed by atoms with Gasteiger partial charge in [0.15, 0.2) is 0 Å². The molecule has 1 atom stereocenters. The Balaban J connectivity index is 1.85. The molecule has 22 heavy (non-hydrogen) atoms. The Morgan fingerprint density at radius 1 is 1.27 bits per heavy atom. The van der Waals surface area contributed by atoms with Crippen LogP contribution in [0.4, 0.5) is 17.5 Å². The van der Waals surface area contributed by atoms with Crippen molar-refractivity contribution in [2.24, 2.45) is 0 Å². The summed E-state index contributed by atoms with van der Waals surface area (Å²) in [7, 11) is 0. The van der Waals surface area contributed by atoms with Crippen molar-refractivity contribution >= 4 is 33.4 Å². The summed E-state index contributed by atoms with van der Waals surface area (Å²) in [5, 5.41) is 6.76. The molecule has 0 radical (unpaired) electrons. The van der Waals surface area contributed by atoms with Gasteiger partial charge in [-0.15, -0.1) is 0 Å². The molecule has 1 aromatic carbocycles. The van der Waals surface area contributed by atoms with Crippen molar-refractivity contribution in [1.82, 2.24) is 9.97 Å². The van der Waals surface area contributed by atoms with E-state index in [-0.39, 0.29) is 0 Å². The molecule has 2 aromatic rings. The molecule has 1 aliphatic carbocycles. The maximum absolute atomic E-state index is 4.67. The van der Waals surface area contributed by atoms with Gasteiger partial charge in [-0.3, -0.25) is 0 Å². The number of nitrogens with zero attached hydrogens (tertiary/aromatic N) is 2.